The molecule has 29 heavy (non-hydrogen) atoms. The first kappa shape index (κ1) is 19.8. The molecule has 1 fully saturated rings. The topological polar surface area (TPSA) is 40.6 Å². The van der Waals surface area contributed by atoms with E-state index < -0.39 is 0 Å². The molecule has 1 atom stereocenters. The molecular weight excluding hydrogens is 360 g/mol. The average Bonchev–Trinajstić information content (AvgIpc) is 2.72. The quantitative estimate of drug-likeness (QED) is 0.737. The zero-order valence-corrected chi connectivity index (χ0v) is 17.6. The van der Waals surface area contributed by atoms with Crippen molar-refractivity contribution >= 4 is 11.7 Å². The molecule has 0 aliphatic carbocycles. The van der Waals surface area contributed by atoms with Crippen LogP contribution in [0, 0.1) is 6.92 Å². The van der Waals surface area contributed by atoms with Gasteiger partial charge in [-0.1, -0.05) is 67.9 Å². The van der Waals surface area contributed by atoms with Crippen LogP contribution < -0.4 is 0 Å². The number of rotatable bonds is 4. The van der Waals surface area contributed by atoms with Crippen LogP contribution in [0.25, 0.3) is 0 Å². The zero-order valence-electron chi connectivity index (χ0n) is 17.6. The maximum absolute atomic E-state index is 12.9. The monoisotopic (exact) mass is 390 g/mol. The second-order valence-corrected chi connectivity index (χ2v) is 9.09. The molecule has 0 bridgehead atoms. The van der Waals surface area contributed by atoms with Gasteiger partial charge in [-0.05, 0) is 18.1 Å². The summed E-state index contributed by atoms with van der Waals surface area (Å²) >= 11 is 0. The average molecular weight is 391 g/mol. The van der Waals surface area contributed by atoms with E-state index in [1.807, 2.05) is 36.1 Å². The molecule has 2 aromatic rings. The first-order valence-electron chi connectivity index (χ1n) is 10.6. The van der Waals surface area contributed by atoms with E-state index in [-0.39, 0.29) is 36.0 Å². The van der Waals surface area contributed by atoms with E-state index in [9.17, 15) is 9.59 Å². The van der Waals surface area contributed by atoms with Crippen molar-refractivity contribution in [1.82, 2.24) is 9.80 Å². The minimum Gasteiger partial charge on any atom is -0.339 e. The van der Waals surface area contributed by atoms with Crippen molar-refractivity contribution in [3.05, 3.63) is 70.8 Å². The molecule has 1 amide bonds. The lowest BCUT2D eigenvalue weighted by atomic mass is 9.75. The number of hydrogen-bond donors (Lipinski definition) is 0. The lowest BCUT2D eigenvalue weighted by Gasteiger charge is -2.50. The third-order valence-corrected chi connectivity index (χ3v) is 6.43. The molecule has 2 aliphatic rings. The molecule has 152 valence electrons. The Bertz CT molecular complexity index is 917. The van der Waals surface area contributed by atoms with E-state index in [1.165, 1.54) is 11.1 Å². The Hall–Kier alpha value is -2.46. The van der Waals surface area contributed by atoms with Gasteiger partial charge in [-0.2, -0.15) is 0 Å². The van der Waals surface area contributed by atoms with Crippen LogP contribution in [0.4, 0.5) is 0 Å². The molecule has 4 nitrogen and oxygen atoms in total. The van der Waals surface area contributed by atoms with Gasteiger partial charge in [-0.25, -0.2) is 0 Å². The SMILES string of the molecule is Cc1ccc(C(=O)CCC(=O)N2CCN3CC(C)(C)c4ccccc4C3C2)cc1. The molecular formula is C25H30N2O2. The van der Waals surface area contributed by atoms with Crippen LogP contribution in [-0.2, 0) is 10.2 Å². The number of piperazine rings is 1. The predicted molar refractivity (Wildman–Crippen MR) is 115 cm³/mol. The maximum Gasteiger partial charge on any atom is 0.223 e. The van der Waals surface area contributed by atoms with Crippen LogP contribution in [0.1, 0.15) is 59.8 Å². The molecule has 0 spiro atoms. The fraction of sp³-hybridized carbons (Fsp3) is 0.440. The fourth-order valence-electron chi connectivity index (χ4n) is 4.79. The van der Waals surface area contributed by atoms with Gasteiger partial charge in [0.05, 0.1) is 6.04 Å². The number of hydrogen-bond acceptors (Lipinski definition) is 3. The van der Waals surface area contributed by atoms with Gasteiger partial charge in [0.15, 0.2) is 5.78 Å². The van der Waals surface area contributed by atoms with E-state index in [4.69, 9.17) is 0 Å². The van der Waals surface area contributed by atoms with Gasteiger partial charge >= 0.3 is 0 Å². The number of carbonyl (C=O) groups excluding carboxylic acids is 2. The highest BCUT2D eigenvalue weighted by molar-refractivity contribution is 5.98. The molecule has 2 aromatic carbocycles. The van der Waals surface area contributed by atoms with Crippen molar-refractivity contribution in [3.63, 3.8) is 0 Å². The van der Waals surface area contributed by atoms with Crippen molar-refractivity contribution in [3.8, 4) is 0 Å². The summed E-state index contributed by atoms with van der Waals surface area (Å²) in [6, 6.07) is 16.5. The second-order valence-electron chi connectivity index (χ2n) is 9.09. The summed E-state index contributed by atoms with van der Waals surface area (Å²) in [5.41, 5.74) is 4.69. The van der Waals surface area contributed by atoms with Crippen molar-refractivity contribution in [2.24, 2.45) is 0 Å². The molecule has 2 aliphatic heterocycles. The van der Waals surface area contributed by atoms with Gasteiger partial charge in [0.1, 0.15) is 0 Å². The predicted octanol–water partition coefficient (Wildman–Crippen LogP) is 4.13. The summed E-state index contributed by atoms with van der Waals surface area (Å²) in [6.07, 6.45) is 0.558. The van der Waals surface area contributed by atoms with Gasteiger partial charge in [0.2, 0.25) is 5.91 Å². The molecule has 0 N–H and O–H groups in total. The number of Topliss-reactive ketones (excluding diaryl/α,β-unsaturated/α-hetero) is 1. The molecule has 0 radical (unpaired) electrons. The van der Waals surface area contributed by atoms with Gasteiger partial charge in [0.25, 0.3) is 0 Å². The lowest BCUT2D eigenvalue weighted by Crippen LogP contribution is -2.55. The highest BCUT2D eigenvalue weighted by Gasteiger charge is 2.40. The number of ketones is 1. The van der Waals surface area contributed by atoms with Crippen molar-refractivity contribution in [2.75, 3.05) is 26.2 Å². The van der Waals surface area contributed by atoms with Crippen molar-refractivity contribution < 1.29 is 9.59 Å². The molecule has 4 rings (SSSR count). The van der Waals surface area contributed by atoms with Gasteiger partial charge in [-0.15, -0.1) is 0 Å². The Labute approximate surface area is 173 Å². The third-order valence-electron chi connectivity index (χ3n) is 6.43. The summed E-state index contributed by atoms with van der Waals surface area (Å²) in [7, 11) is 0. The largest absolute Gasteiger partial charge is 0.339 e. The minimum atomic E-state index is 0.0433. The third kappa shape index (κ3) is 3.99. The van der Waals surface area contributed by atoms with E-state index in [0.29, 0.717) is 12.1 Å². The summed E-state index contributed by atoms with van der Waals surface area (Å²) in [4.78, 5) is 29.8. The summed E-state index contributed by atoms with van der Waals surface area (Å²) in [5.74, 6) is 0.133. The number of aryl methyl sites for hydroxylation is 1. The highest BCUT2D eigenvalue weighted by Crippen LogP contribution is 2.41. The summed E-state index contributed by atoms with van der Waals surface area (Å²) in [6.45, 7) is 9.97. The number of amides is 1. The van der Waals surface area contributed by atoms with Crippen LogP contribution in [0.2, 0.25) is 0 Å². The number of carbonyl (C=O) groups is 2. The van der Waals surface area contributed by atoms with Crippen LogP contribution in [-0.4, -0.2) is 47.7 Å². The Morgan fingerprint density at radius 2 is 1.72 bits per heavy atom. The van der Waals surface area contributed by atoms with Gasteiger partial charge in [0, 0.05) is 50.0 Å². The van der Waals surface area contributed by atoms with E-state index in [1.54, 1.807) is 0 Å². The summed E-state index contributed by atoms with van der Waals surface area (Å²) < 4.78 is 0. The lowest BCUT2D eigenvalue weighted by molar-refractivity contribution is -0.134. The van der Waals surface area contributed by atoms with E-state index >= 15 is 0 Å². The molecule has 0 aromatic heterocycles. The molecule has 4 heteroatoms. The number of nitrogens with zero attached hydrogens (tertiary/aromatic N) is 2. The van der Waals surface area contributed by atoms with E-state index in [0.717, 1.165) is 25.2 Å². The smallest absolute Gasteiger partial charge is 0.223 e. The van der Waals surface area contributed by atoms with Crippen LogP contribution in [0.3, 0.4) is 0 Å². The normalized spacial score (nSPS) is 20.7. The Balaban J connectivity index is 1.42. The second kappa shape index (κ2) is 7.75. The number of benzene rings is 2. The molecule has 1 saturated heterocycles. The van der Waals surface area contributed by atoms with Crippen molar-refractivity contribution in [1.29, 1.82) is 0 Å². The molecule has 1 unspecified atom stereocenters. The minimum absolute atomic E-state index is 0.0433. The zero-order chi connectivity index (χ0) is 20.6. The Kier molecular flexibility index (Phi) is 5.30. The van der Waals surface area contributed by atoms with Crippen molar-refractivity contribution in [2.45, 2.75) is 45.1 Å². The van der Waals surface area contributed by atoms with Gasteiger partial charge in [-0.3, -0.25) is 14.5 Å². The molecule has 2 heterocycles. The van der Waals surface area contributed by atoms with Gasteiger partial charge < -0.3 is 4.90 Å². The Morgan fingerprint density at radius 1 is 1.00 bits per heavy atom. The van der Waals surface area contributed by atoms with Crippen LogP contribution in [0.5, 0.6) is 0 Å². The van der Waals surface area contributed by atoms with E-state index in [2.05, 4.69) is 43.0 Å². The highest BCUT2D eigenvalue weighted by atomic mass is 16.2. The first-order valence-corrected chi connectivity index (χ1v) is 10.6. The number of fused-ring (bicyclic) bond motifs is 3. The Morgan fingerprint density at radius 3 is 2.48 bits per heavy atom. The fourth-order valence-corrected chi connectivity index (χ4v) is 4.79. The standard InChI is InChI=1S/C25H30N2O2/c1-18-8-10-19(11-9-18)23(28)12-13-24(29)26-14-15-27-17-25(2,3)21-7-5-4-6-20(21)22(27)16-26/h4-11,22H,12-17H2,1-3H3. The molecule has 0 saturated carbocycles. The van der Waals surface area contributed by atoms with Crippen LogP contribution in [0.15, 0.2) is 48.5 Å². The van der Waals surface area contributed by atoms with Crippen LogP contribution >= 0.6 is 0 Å². The summed E-state index contributed by atoms with van der Waals surface area (Å²) in [5, 5.41) is 0. The first-order chi connectivity index (χ1) is 13.8. The maximum atomic E-state index is 12.9.